The summed E-state index contributed by atoms with van der Waals surface area (Å²) in [6, 6.07) is 20.4. The van der Waals surface area contributed by atoms with E-state index in [0.717, 1.165) is 6.42 Å². The van der Waals surface area contributed by atoms with E-state index in [1.807, 2.05) is 42.5 Å². The van der Waals surface area contributed by atoms with E-state index in [2.05, 4.69) is 37.4 Å². The van der Waals surface area contributed by atoms with Crippen molar-refractivity contribution in [2.45, 2.75) is 19.4 Å². The number of hydrogen-bond acceptors (Lipinski definition) is 1. The summed E-state index contributed by atoms with van der Waals surface area (Å²) in [6.45, 7) is 5.88. The van der Waals surface area contributed by atoms with Crippen molar-refractivity contribution in [3.63, 3.8) is 0 Å². The first-order chi connectivity index (χ1) is 9.69. The summed E-state index contributed by atoms with van der Waals surface area (Å²) < 4.78 is 0. The second kappa shape index (κ2) is 6.48. The van der Waals surface area contributed by atoms with Crippen molar-refractivity contribution in [2.75, 3.05) is 0 Å². The summed E-state index contributed by atoms with van der Waals surface area (Å²) in [4.78, 5) is 12.8. The lowest BCUT2D eigenvalue weighted by atomic mass is 10.3. The number of benzene rings is 2. The number of hydrogen-bond donors (Lipinski definition) is 0. The molecule has 0 saturated heterocycles. The minimum atomic E-state index is -2.33. The van der Waals surface area contributed by atoms with Crippen LogP contribution in [0.4, 0.5) is 0 Å². The van der Waals surface area contributed by atoms with Crippen LogP contribution in [0, 0.1) is 0 Å². The van der Waals surface area contributed by atoms with E-state index in [1.54, 1.807) is 0 Å². The van der Waals surface area contributed by atoms with Crippen LogP contribution >= 0.6 is 0 Å². The predicted molar refractivity (Wildman–Crippen MR) is 88.2 cm³/mol. The van der Waals surface area contributed by atoms with Gasteiger partial charge in [-0.3, -0.25) is 0 Å². The summed E-state index contributed by atoms with van der Waals surface area (Å²) in [5.74, 6) is 0. The molecule has 102 valence electrons. The van der Waals surface area contributed by atoms with Crippen LogP contribution < -0.4 is 10.4 Å². The SMILES string of the molecule is C=CCCC(=O)[Si](C)(c1ccccc1)c1ccccc1. The van der Waals surface area contributed by atoms with Crippen molar-refractivity contribution in [3.8, 4) is 0 Å². The Morgan fingerprint density at radius 2 is 1.45 bits per heavy atom. The zero-order valence-corrected chi connectivity index (χ0v) is 12.9. The van der Waals surface area contributed by atoms with E-state index >= 15 is 0 Å². The lowest BCUT2D eigenvalue weighted by Gasteiger charge is -2.27. The lowest BCUT2D eigenvalue weighted by molar-refractivity contribution is -0.112. The molecule has 2 heteroatoms. The zero-order valence-electron chi connectivity index (χ0n) is 11.9. The number of rotatable bonds is 6. The van der Waals surface area contributed by atoms with Gasteiger partial charge in [0.25, 0.3) is 0 Å². The first-order valence-electron chi connectivity index (χ1n) is 6.95. The molecule has 0 amide bonds. The van der Waals surface area contributed by atoms with Gasteiger partial charge in [-0.1, -0.05) is 73.3 Å². The van der Waals surface area contributed by atoms with E-state index in [4.69, 9.17) is 0 Å². The maximum Gasteiger partial charge on any atom is 0.190 e. The fraction of sp³-hybridized carbons (Fsp3) is 0.167. The van der Waals surface area contributed by atoms with Crippen LogP contribution in [0.3, 0.4) is 0 Å². The fourth-order valence-electron chi connectivity index (χ4n) is 2.51. The molecular formula is C18H20OSi. The van der Waals surface area contributed by atoms with Crippen molar-refractivity contribution < 1.29 is 4.79 Å². The van der Waals surface area contributed by atoms with Gasteiger partial charge in [-0.2, -0.15) is 0 Å². The van der Waals surface area contributed by atoms with Gasteiger partial charge in [0.1, 0.15) is 5.41 Å². The monoisotopic (exact) mass is 280 g/mol. The van der Waals surface area contributed by atoms with Gasteiger partial charge in [-0.25, -0.2) is 0 Å². The molecule has 0 heterocycles. The Balaban J connectivity index is 2.49. The highest BCUT2D eigenvalue weighted by molar-refractivity contribution is 7.21. The van der Waals surface area contributed by atoms with Crippen LogP contribution in [0.5, 0.6) is 0 Å². The van der Waals surface area contributed by atoms with E-state index in [1.165, 1.54) is 10.4 Å². The minimum absolute atomic E-state index is 0.370. The van der Waals surface area contributed by atoms with Crippen LogP contribution in [0.15, 0.2) is 73.3 Å². The molecule has 2 aromatic carbocycles. The molecule has 0 saturated carbocycles. The van der Waals surface area contributed by atoms with Gasteiger partial charge in [0, 0.05) is 6.42 Å². The molecule has 0 aliphatic carbocycles. The van der Waals surface area contributed by atoms with Crippen LogP contribution in [-0.2, 0) is 4.79 Å². The molecular weight excluding hydrogens is 260 g/mol. The maximum atomic E-state index is 12.8. The molecule has 0 bridgehead atoms. The summed E-state index contributed by atoms with van der Waals surface area (Å²) in [6.07, 6.45) is 3.15. The Kier molecular flexibility index (Phi) is 4.69. The predicted octanol–water partition coefficient (Wildman–Crippen LogP) is 2.95. The molecule has 2 aromatic rings. The second-order valence-corrected chi connectivity index (χ2v) is 9.07. The molecule has 0 N–H and O–H groups in total. The Morgan fingerprint density at radius 3 is 1.85 bits per heavy atom. The zero-order chi connectivity index (χ0) is 14.4. The first kappa shape index (κ1) is 14.5. The number of carbonyl (C=O) groups excluding carboxylic acids is 1. The third kappa shape index (κ3) is 2.80. The van der Waals surface area contributed by atoms with Gasteiger partial charge in [0.05, 0.1) is 0 Å². The quantitative estimate of drug-likeness (QED) is 0.587. The molecule has 0 aromatic heterocycles. The summed E-state index contributed by atoms with van der Waals surface area (Å²) in [7, 11) is -2.33. The highest BCUT2D eigenvalue weighted by Gasteiger charge is 2.38. The lowest BCUT2D eigenvalue weighted by Crippen LogP contribution is -2.62. The molecule has 0 aliphatic heterocycles. The van der Waals surface area contributed by atoms with Crippen molar-refractivity contribution in [3.05, 3.63) is 73.3 Å². The van der Waals surface area contributed by atoms with Crippen molar-refractivity contribution in [2.24, 2.45) is 0 Å². The molecule has 0 fully saturated rings. The second-order valence-electron chi connectivity index (χ2n) is 5.11. The van der Waals surface area contributed by atoms with Crippen molar-refractivity contribution in [1.82, 2.24) is 0 Å². The van der Waals surface area contributed by atoms with Crippen LogP contribution in [0.2, 0.25) is 6.55 Å². The number of carbonyl (C=O) groups is 1. The Labute approximate surface area is 122 Å². The van der Waals surface area contributed by atoms with Gasteiger partial charge < -0.3 is 4.79 Å². The van der Waals surface area contributed by atoms with Gasteiger partial charge in [0.2, 0.25) is 0 Å². The van der Waals surface area contributed by atoms with E-state index < -0.39 is 8.07 Å². The third-order valence-electron chi connectivity index (χ3n) is 3.84. The molecule has 0 atom stereocenters. The van der Waals surface area contributed by atoms with Crippen LogP contribution in [0.25, 0.3) is 0 Å². The van der Waals surface area contributed by atoms with E-state index in [9.17, 15) is 4.79 Å². The summed E-state index contributed by atoms with van der Waals surface area (Å²) in [5, 5.41) is 2.73. The van der Waals surface area contributed by atoms with Gasteiger partial charge >= 0.3 is 0 Å². The highest BCUT2D eigenvalue weighted by Crippen LogP contribution is 2.11. The van der Waals surface area contributed by atoms with Crippen LogP contribution in [0.1, 0.15) is 12.8 Å². The Hall–Kier alpha value is -1.93. The molecule has 2 rings (SSSR count). The summed E-state index contributed by atoms with van der Waals surface area (Å²) >= 11 is 0. The van der Waals surface area contributed by atoms with E-state index in [-0.39, 0.29) is 0 Å². The van der Waals surface area contributed by atoms with E-state index in [0.29, 0.717) is 11.8 Å². The van der Waals surface area contributed by atoms with Gasteiger partial charge in [0.15, 0.2) is 8.07 Å². The number of allylic oxidation sites excluding steroid dienone is 1. The first-order valence-corrected chi connectivity index (χ1v) is 9.45. The molecule has 0 spiro atoms. The normalized spacial score (nSPS) is 11.1. The maximum absolute atomic E-state index is 12.8. The summed E-state index contributed by atoms with van der Waals surface area (Å²) in [5.41, 5.74) is 0. The van der Waals surface area contributed by atoms with Crippen molar-refractivity contribution in [1.29, 1.82) is 0 Å². The van der Waals surface area contributed by atoms with Crippen LogP contribution in [-0.4, -0.2) is 13.5 Å². The molecule has 20 heavy (non-hydrogen) atoms. The average molecular weight is 280 g/mol. The van der Waals surface area contributed by atoms with Crippen molar-refractivity contribution >= 4 is 23.9 Å². The smallest absolute Gasteiger partial charge is 0.190 e. The fourth-order valence-corrected chi connectivity index (χ4v) is 5.85. The molecule has 1 nitrogen and oxygen atoms in total. The molecule has 0 unspecified atom stereocenters. The molecule has 0 aliphatic rings. The van der Waals surface area contributed by atoms with Gasteiger partial charge in [-0.05, 0) is 16.8 Å². The highest BCUT2D eigenvalue weighted by atomic mass is 28.3. The molecule has 0 radical (unpaired) electrons. The average Bonchev–Trinajstić information content (AvgIpc) is 2.53. The van der Waals surface area contributed by atoms with Gasteiger partial charge in [-0.15, -0.1) is 6.58 Å². The Morgan fingerprint density at radius 1 is 1.00 bits per heavy atom. The largest absolute Gasteiger partial charge is 0.305 e. The topological polar surface area (TPSA) is 17.1 Å². The minimum Gasteiger partial charge on any atom is -0.305 e. The third-order valence-corrected chi connectivity index (χ3v) is 8.18. The Bertz CT molecular complexity index is 535. The standard InChI is InChI=1S/C18H20OSi/c1-3-4-15-18(19)20(2,16-11-7-5-8-12-16)17-13-9-6-10-14-17/h3,5-14H,1,4,15H2,2H3.